The van der Waals surface area contributed by atoms with E-state index < -0.39 is 22.0 Å². The van der Waals surface area contributed by atoms with Gasteiger partial charge >= 0.3 is 0 Å². The quantitative estimate of drug-likeness (QED) is 0.161. The number of Topliss-reactive ketones (excluding diaryl/α,β-unsaturated/α-hetero) is 4. The number of hydrogen-bond acceptors (Lipinski definition) is 13. The summed E-state index contributed by atoms with van der Waals surface area (Å²) in [5.41, 5.74) is -0.909. The average Bonchev–Trinajstić information content (AvgIpc) is 3.98. The summed E-state index contributed by atoms with van der Waals surface area (Å²) in [6, 6.07) is 19.7. The molecule has 372 valence electrons. The van der Waals surface area contributed by atoms with Gasteiger partial charge in [0.15, 0.2) is 27.5 Å². The second-order valence-electron chi connectivity index (χ2n) is 23.3. The summed E-state index contributed by atoms with van der Waals surface area (Å²) in [7, 11) is 0. The molecule has 2 N–H and O–H groups in total. The van der Waals surface area contributed by atoms with Crippen LogP contribution >= 0.6 is 34.9 Å². The summed E-state index contributed by atoms with van der Waals surface area (Å²) in [4.78, 5) is 88.1. The number of allylic oxidation sites excluding steroid dienone is 2. The average molecular weight is 1010 g/mol. The lowest BCUT2D eigenvalue weighted by atomic mass is 9.46. The summed E-state index contributed by atoms with van der Waals surface area (Å²) in [5, 5.41) is 25.6. The number of thiazole rings is 1. The summed E-state index contributed by atoms with van der Waals surface area (Å²) in [6.45, 7) is 8.30. The van der Waals surface area contributed by atoms with Crippen LogP contribution in [0.25, 0.3) is 21.1 Å². The van der Waals surface area contributed by atoms with Crippen molar-refractivity contribution in [2.24, 2.45) is 57.2 Å². The van der Waals surface area contributed by atoms with Crippen molar-refractivity contribution in [3.05, 3.63) is 84.0 Å². The first-order chi connectivity index (χ1) is 33.8. The molecule has 13 heteroatoms. The van der Waals surface area contributed by atoms with E-state index >= 15 is 0 Å². The lowest BCUT2D eigenvalue weighted by molar-refractivity contribution is -0.168. The molecule has 2 aromatic carbocycles. The van der Waals surface area contributed by atoms with E-state index in [2.05, 4.69) is 23.8 Å². The van der Waals surface area contributed by atoms with Crippen molar-refractivity contribution >= 4 is 90.7 Å². The van der Waals surface area contributed by atoms with Gasteiger partial charge < -0.3 is 10.2 Å². The topological polar surface area (TPSA) is 169 Å². The number of para-hydroxylation sites is 2. The van der Waals surface area contributed by atoms with E-state index in [0.717, 1.165) is 93.0 Å². The summed E-state index contributed by atoms with van der Waals surface area (Å²) >= 11 is 4.31. The zero-order valence-corrected chi connectivity index (χ0v) is 43.6. The molecular weight excluding hydrogens is 949 g/mol. The maximum Gasteiger partial charge on any atom is 0.175 e. The van der Waals surface area contributed by atoms with Gasteiger partial charge in [-0.15, -0.1) is 11.3 Å². The van der Waals surface area contributed by atoms with Crippen LogP contribution in [0.3, 0.4) is 0 Å². The number of rotatable bonds is 8. The number of aromatic nitrogens is 2. The number of pyridine rings is 1. The lowest BCUT2D eigenvalue weighted by Gasteiger charge is -2.57. The Bertz CT molecular complexity index is 2970. The highest BCUT2D eigenvalue weighted by Crippen LogP contribution is 2.68. The molecule has 12 atom stereocenters. The molecule has 10 unspecified atom stereocenters. The Morgan fingerprint density at radius 3 is 1.66 bits per heavy atom. The van der Waals surface area contributed by atoms with Crippen LogP contribution in [0.4, 0.5) is 0 Å². The van der Waals surface area contributed by atoms with E-state index in [1.807, 2.05) is 74.5 Å². The van der Waals surface area contributed by atoms with Crippen molar-refractivity contribution in [3.8, 4) is 0 Å². The molecule has 0 bridgehead atoms. The predicted octanol–water partition coefficient (Wildman–Crippen LogP) is 10.7. The van der Waals surface area contributed by atoms with Crippen LogP contribution in [-0.2, 0) is 28.8 Å². The van der Waals surface area contributed by atoms with Crippen LogP contribution < -0.4 is 0 Å². The van der Waals surface area contributed by atoms with Crippen LogP contribution in [0.15, 0.2) is 93.3 Å². The Kier molecular flexibility index (Phi) is 12.3. The number of hydrogen-bond donors (Lipinski definition) is 2. The number of fused-ring (bicyclic) bond motifs is 12. The third-order valence-corrected chi connectivity index (χ3v) is 23.2. The minimum Gasteiger partial charge on any atom is -0.381 e. The number of ketones is 6. The largest absolute Gasteiger partial charge is 0.381 e. The molecule has 0 amide bonds. The van der Waals surface area contributed by atoms with Gasteiger partial charge in [-0.3, -0.25) is 28.8 Å². The van der Waals surface area contributed by atoms with Crippen molar-refractivity contribution in [2.75, 3.05) is 11.5 Å². The normalized spacial score (nSPS) is 38.2. The van der Waals surface area contributed by atoms with Crippen molar-refractivity contribution in [3.63, 3.8) is 0 Å². The number of aliphatic hydroxyl groups is 2. The van der Waals surface area contributed by atoms with Gasteiger partial charge in [0.05, 0.1) is 32.3 Å². The maximum absolute atomic E-state index is 13.8. The highest BCUT2D eigenvalue weighted by atomic mass is 32.2. The lowest BCUT2D eigenvalue weighted by Crippen LogP contribution is -2.60. The molecule has 8 aliphatic rings. The molecule has 6 saturated carbocycles. The van der Waals surface area contributed by atoms with Crippen LogP contribution in [0.1, 0.15) is 118 Å². The second kappa shape index (κ2) is 17.8. The second-order valence-corrected chi connectivity index (χ2v) is 26.6. The van der Waals surface area contributed by atoms with E-state index in [9.17, 15) is 39.0 Å². The Labute approximate surface area is 428 Å². The monoisotopic (exact) mass is 1010 g/mol. The highest BCUT2D eigenvalue weighted by Gasteiger charge is 2.70. The zero-order chi connectivity index (χ0) is 49.9. The molecule has 10 nitrogen and oxygen atoms in total. The minimum atomic E-state index is -1.50. The zero-order valence-electron chi connectivity index (χ0n) is 41.2. The van der Waals surface area contributed by atoms with E-state index in [1.165, 1.54) is 23.5 Å². The standard InChI is InChI=1S/C30H33NO4S.C28H31NO4S2/c1-28-13-11-20(32)15-19(28)8-9-21-22-12-14-30(35,29(22,2)16-24(33)27(21)28)25(34)17-36-26-10-7-18-5-3-4-6-23(18)31-26;1-26-11-9-17(30)13-16(26)7-8-18-19-10-12-28(33,27(19,2)14-21(31)24(18)26)23(32)15-34-25-29-20-5-3-4-6-22(20)35-25/h3-7,10,15,21-22,27,35H,8-9,11-14,16-17H2,1-2H3;3-6,13,18-19,24,33H,7-12,14-15H2,1-2H3/t21?,22?,27?,28?,29?,30-;18?,19?,24?,26?,27?,28-/m00/s1. The molecule has 4 aromatic rings. The molecule has 0 spiro atoms. The van der Waals surface area contributed by atoms with Gasteiger partial charge in [0.1, 0.15) is 22.8 Å². The number of thioether (sulfide) groups is 2. The van der Waals surface area contributed by atoms with Crippen molar-refractivity contribution in [1.82, 2.24) is 9.97 Å². The maximum atomic E-state index is 13.8. The molecule has 0 aliphatic heterocycles. The van der Waals surface area contributed by atoms with Crippen molar-refractivity contribution in [2.45, 2.75) is 138 Å². The van der Waals surface area contributed by atoms with Gasteiger partial charge in [-0.2, -0.15) is 0 Å². The molecule has 8 aliphatic carbocycles. The Morgan fingerprint density at radius 1 is 0.606 bits per heavy atom. The van der Waals surface area contributed by atoms with E-state index in [1.54, 1.807) is 23.5 Å². The van der Waals surface area contributed by atoms with Crippen molar-refractivity contribution in [1.29, 1.82) is 0 Å². The molecule has 6 fully saturated rings. The first-order valence-electron chi connectivity index (χ1n) is 25.8. The molecule has 71 heavy (non-hydrogen) atoms. The third-order valence-electron chi connectivity index (χ3n) is 20.1. The molecule has 2 aromatic heterocycles. The number of carbonyl (C=O) groups excluding carboxylic acids is 6. The Balaban J connectivity index is 0.000000154. The number of nitrogens with zero attached hydrogens (tertiary/aromatic N) is 2. The van der Waals surface area contributed by atoms with Gasteiger partial charge in [0.25, 0.3) is 0 Å². The fourth-order valence-electron chi connectivity index (χ4n) is 16.2. The van der Waals surface area contributed by atoms with Gasteiger partial charge in [-0.05, 0) is 135 Å². The molecule has 2 heterocycles. The van der Waals surface area contributed by atoms with Crippen molar-refractivity contribution < 1.29 is 39.0 Å². The first-order valence-corrected chi connectivity index (χ1v) is 28.6. The minimum absolute atomic E-state index is 0.108. The van der Waals surface area contributed by atoms with Gasteiger partial charge in [-0.1, -0.05) is 98.8 Å². The van der Waals surface area contributed by atoms with E-state index in [0.29, 0.717) is 25.7 Å². The van der Waals surface area contributed by atoms with Crippen LogP contribution in [0, 0.1) is 57.2 Å². The smallest absolute Gasteiger partial charge is 0.175 e. The summed E-state index contributed by atoms with van der Waals surface area (Å²) in [6.07, 6.45) is 12.3. The fraction of sp³-hybridized carbons (Fsp3) is 0.552. The van der Waals surface area contributed by atoms with Gasteiger partial charge in [-0.25, -0.2) is 9.97 Å². The highest BCUT2D eigenvalue weighted by molar-refractivity contribution is 8.01. The van der Waals surface area contributed by atoms with Crippen LogP contribution in [0.5, 0.6) is 0 Å². The Morgan fingerprint density at radius 2 is 1.11 bits per heavy atom. The Hall–Kier alpha value is -4.14. The molecule has 0 saturated heterocycles. The SMILES string of the molecule is CC12CCC(=O)C=C1CCC1C2C(=O)CC2(C)C1CC[C@]2(O)C(=O)CSc1ccc2ccccc2n1.CC12CCC(=O)C=C1CCC1C2C(=O)CC2(C)C1CC[C@]2(O)C(=O)CSc1nc2ccccc2s1. The van der Waals surface area contributed by atoms with Crippen LogP contribution in [-0.4, -0.2) is 77.6 Å². The molecule has 0 radical (unpaired) electrons. The molecule has 12 rings (SSSR count). The number of benzene rings is 2. The summed E-state index contributed by atoms with van der Waals surface area (Å²) < 4.78 is 1.91. The van der Waals surface area contributed by atoms with Crippen LogP contribution in [0.2, 0.25) is 0 Å². The predicted molar refractivity (Wildman–Crippen MR) is 277 cm³/mol. The van der Waals surface area contributed by atoms with Gasteiger partial charge in [0, 0.05) is 53.7 Å². The summed E-state index contributed by atoms with van der Waals surface area (Å²) in [5.74, 6) is 0.987. The van der Waals surface area contributed by atoms with E-state index in [-0.39, 0.29) is 105 Å². The number of carbonyl (C=O) groups is 6. The fourth-order valence-corrected chi connectivity index (χ4v) is 19.1. The first kappa shape index (κ1) is 49.1. The third kappa shape index (κ3) is 7.69. The van der Waals surface area contributed by atoms with Gasteiger partial charge in [0.2, 0.25) is 0 Å². The van der Waals surface area contributed by atoms with E-state index in [4.69, 9.17) is 0 Å². The molecular formula is C58H64N2O8S3.